The zero-order valence-corrected chi connectivity index (χ0v) is 16.2. The second-order valence-corrected chi connectivity index (χ2v) is 6.64. The van der Waals surface area contributed by atoms with Gasteiger partial charge in [0.05, 0.1) is 16.8 Å². The quantitative estimate of drug-likeness (QED) is 0.264. The van der Waals surface area contributed by atoms with Gasteiger partial charge in [-0.2, -0.15) is 5.10 Å². The third-order valence-corrected chi connectivity index (χ3v) is 4.25. The molecule has 29 heavy (non-hydrogen) atoms. The molecule has 0 aliphatic heterocycles. The molecule has 0 aliphatic rings. The van der Waals surface area contributed by atoms with Crippen LogP contribution in [0.1, 0.15) is 26.3 Å². The van der Waals surface area contributed by atoms with Crippen molar-refractivity contribution in [3.05, 3.63) is 99.3 Å². The smallest absolute Gasteiger partial charge is 0.345 e. The van der Waals surface area contributed by atoms with Crippen molar-refractivity contribution in [2.24, 2.45) is 5.10 Å². The van der Waals surface area contributed by atoms with E-state index in [2.05, 4.69) is 10.5 Å². The van der Waals surface area contributed by atoms with Crippen LogP contribution in [0.4, 0.5) is 4.39 Å². The fourth-order valence-electron chi connectivity index (χ4n) is 2.31. The summed E-state index contributed by atoms with van der Waals surface area (Å²) in [4.78, 5) is 24.2. The first kappa shape index (κ1) is 20.5. The summed E-state index contributed by atoms with van der Waals surface area (Å²) >= 11 is 11.8. The van der Waals surface area contributed by atoms with Crippen LogP contribution in [0.5, 0.6) is 5.75 Å². The Hall–Kier alpha value is -3.22. The Balaban J connectivity index is 1.64. The highest BCUT2D eigenvalue weighted by molar-refractivity contribution is 6.36. The number of esters is 1. The molecule has 3 rings (SSSR count). The van der Waals surface area contributed by atoms with Crippen LogP contribution in [-0.2, 0) is 0 Å². The monoisotopic (exact) mass is 430 g/mol. The maximum Gasteiger partial charge on any atom is 0.345 e. The third-order valence-electron chi connectivity index (χ3n) is 3.71. The number of carbonyl (C=O) groups is 2. The van der Waals surface area contributed by atoms with E-state index in [0.717, 1.165) is 0 Å². The van der Waals surface area contributed by atoms with Crippen molar-refractivity contribution in [3.63, 3.8) is 0 Å². The van der Waals surface area contributed by atoms with Crippen molar-refractivity contribution in [1.29, 1.82) is 0 Å². The van der Waals surface area contributed by atoms with Crippen molar-refractivity contribution < 1.29 is 18.7 Å². The number of hydrogen-bond acceptors (Lipinski definition) is 4. The molecule has 0 saturated carbocycles. The van der Waals surface area contributed by atoms with Gasteiger partial charge in [0.25, 0.3) is 5.91 Å². The van der Waals surface area contributed by atoms with Gasteiger partial charge in [-0.05, 0) is 60.2 Å². The number of hydrazone groups is 1. The maximum absolute atomic E-state index is 12.9. The highest BCUT2D eigenvalue weighted by Gasteiger charge is 2.13. The SMILES string of the molecule is O=C(NN=Cc1cccc(OC(=O)c2ccc(Cl)cc2Cl)c1)c1ccc(F)cc1. The van der Waals surface area contributed by atoms with E-state index >= 15 is 0 Å². The topological polar surface area (TPSA) is 67.8 Å². The van der Waals surface area contributed by atoms with Crippen molar-refractivity contribution in [2.45, 2.75) is 0 Å². The fraction of sp³-hybridized carbons (Fsp3) is 0. The fourth-order valence-corrected chi connectivity index (χ4v) is 2.79. The molecule has 0 atom stereocenters. The minimum atomic E-state index is -0.634. The molecular formula is C21H13Cl2FN2O3. The molecule has 1 N–H and O–H groups in total. The molecule has 1 amide bonds. The Labute approximate surface area is 175 Å². The van der Waals surface area contributed by atoms with Crippen molar-refractivity contribution in [1.82, 2.24) is 5.43 Å². The van der Waals surface area contributed by atoms with Gasteiger partial charge in [0.1, 0.15) is 11.6 Å². The van der Waals surface area contributed by atoms with Gasteiger partial charge in [-0.1, -0.05) is 35.3 Å². The minimum Gasteiger partial charge on any atom is -0.423 e. The average Bonchev–Trinajstić information content (AvgIpc) is 2.68. The number of carbonyl (C=O) groups excluding carboxylic acids is 2. The minimum absolute atomic E-state index is 0.182. The predicted octanol–water partition coefficient (Wildman–Crippen LogP) is 5.12. The van der Waals surface area contributed by atoms with Crippen LogP contribution in [-0.4, -0.2) is 18.1 Å². The first-order chi connectivity index (χ1) is 13.9. The molecule has 0 unspecified atom stereocenters. The lowest BCUT2D eigenvalue weighted by Crippen LogP contribution is -2.17. The van der Waals surface area contributed by atoms with Crippen LogP contribution in [0, 0.1) is 5.82 Å². The van der Waals surface area contributed by atoms with E-state index in [-0.39, 0.29) is 21.9 Å². The standard InChI is InChI=1S/C21H13Cl2FN2O3/c22-15-6-9-18(19(23)11-15)21(28)29-17-3-1-2-13(10-17)12-25-26-20(27)14-4-7-16(24)8-5-14/h1-12H,(H,26,27). The number of benzene rings is 3. The van der Waals surface area contributed by atoms with Gasteiger partial charge in [-0.15, -0.1) is 0 Å². The Morgan fingerprint density at radius 2 is 1.76 bits per heavy atom. The Bertz CT molecular complexity index is 1090. The second-order valence-electron chi connectivity index (χ2n) is 5.79. The molecule has 5 nitrogen and oxygen atoms in total. The van der Waals surface area contributed by atoms with E-state index in [1.807, 2.05) is 0 Å². The molecule has 0 spiro atoms. The van der Waals surface area contributed by atoms with E-state index < -0.39 is 17.7 Å². The second kappa shape index (κ2) is 9.32. The highest BCUT2D eigenvalue weighted by atomic mass is 35.5. The van der Waals surface area contributed by atoms with Crippen molar-refractivity contribution >= 4 is 41.3 Å². The highest BCUT2D eigenvalue weighted by Crippen LogP contribution is 2.23. The first-order valence-electron chi connectivity index (χ1n) is 8.28. The Morgan fingerprint density at radius 3 is 2.48 bits per heavy atom. The number of ether oxygens (including phenoxy) is 1. The van der Waals surface area contributed by atoms with E-state index in [1.54, 1.807) is 24.3 Å². The lowest BCUT2D eigenvalue weighted by molar-refractivity contribution is 0.0734. The molecule has 0 aliphatic carbocycles. The lowest BCUT2D eigenvalue weighted by Gasteiger charge is -2.07. The Morgan fingerprint density at radius 1 is 1.00 bits per heavy atom. The first-order valence-corrected chi connectivity index (χ1v) is 9.04. The summed E-state index contributed by atoms with van der Waals surface area (Å²) in [6.45, 7) is 0. The largest absolute Gasteiger partial charge is 0.423 e. The molecule has 0 aromatic heterocycles. The summed E-state index contributed by atoms with van der Waals surface area (Å²) < 4.78 is 18.2. The normalized spacial score (nSPS) is 10.7. The molecule has 3 aromatic rings. The molecule has 0 heterocycles. The molecule has 146 valence electrons. The van der Waals surface area contributed by atoms with Crippen LogP contribution in [0.3, 0.4) is 0 Å². The maximum atomic E-state index is 12.9. The number of nitrogens with zero attached hydrogens (tertiary/aromatic N) is 1. The molecule has 0 radical (unpaired) electrons. The third kappa shape index (κ3) is 5.63. The number of amides is 1. The summed E-state index contributed by atoms with van der Waals surface area (Å²) in [5.74, 6) is -1.28. The number of halogens is 3. The van der Waals surface area contributed by atoms with Gasteiger partial charge >= 0.3 is 5.97 Å². The van der Waals surface area contributed by atoms with E-state index in [9.17, 15) is 14.0 Å². The van der Waals surface area contributed by atoms with Crippen LogP contribution in [0.2, 0.25) is 10.0 Å². The van der Waals surface area contributed by atoms with Gasteiger partial charge < -0.3 is 4.74 Å². The van der Waals surface area contributed by atoms with Gasteiger partial charge in [0.2, 0.25) is 0 Å². The number of nitrogens with one attached hydrogen (secondary N) is 1. The molecule has 0 saturated heterocycles. The zero-order chi connectivity index (χ0) is 20.8. The van der Waals surface area contributed by atoms with Crippen LogP contribution in [0.15, 0.2) is 71.8 Å². The van der Waals surface area contributed by atoms with E-state index in [1.165, 1.54) is 48.7 Å². The van der Waals surface area contributed by atoms with Crippen LogP contribution >= 0.6 is 23.2 Å². The Kier molecular flexibility index (Phi) is 6.59. The number of rotatable bonds is 5. The van der Waals surface area contributed by atoms with E-state index in [0.29, 0.717) is 10.6 Å². The summed E-state index contributed by atoms with van der Waals surface area (Å²) in [7, 11) is 0. The number of hydrogen-bond donors (Lipinski definition) is 1. The van der Waals surface area contributed by atoms with Crippen LogP contribution in [0.25, 0.3) is 0 Å². The van der Waals surface area contributed by atoms with Crippen molar-refractivity contribution in [3.8, 4) is 5.75 Å². The summed E-state index contributed by atoms with van der Waals surface area (Å²) in [6, 6.07) is 16.1. The average molecular weight is 431 g/mol. The molecule has 0 fully saturated rings. The van der Waals surface area contributed by atoms with Crippen LogP contribution < -0.4 is 10.2 Å². The summed E-state index contributed by atoms with van der Waals surface area (Å²) in [6.07, 6.45) is 1.38. The molecule has 0 bridgehead atoms. The zero-order valence-electron chi connectivity index (χ0n) is 14.7. The van der Waals surface area contributed by atoms with Gasteiger partial charge in [-0.25, -0.2) is 14.6 Å². The lowest BCUT2D eigenvalue weighted by atomic mass is 10.2. The van der Waals surface area contributed by atoms with Gasteiger partial charge in [0.15, 0.2) is 0 Å². The van der Waals surface area contributed by atoms with Gasteiger partial charge in [0, 0.05) is 10.6 Å². The summed E-state index contributed by atoms with van der Waals surface area (Å²) in [5, 5.41) is 4.44. The van der Waals surface area contributed by atoms with Crippen molar-refractivity contribution in [2.75, 3.05) is 0 Å². The molecular weight excluding hydrogens is 418 g/mol. The van der Waals surface area contributed by atoms with Gasteiger partial charge in [-0.3, -0.25) is 4.79 Å². The van der Waals surface area contributed by atoms with E-state index in [4.69, 9.17) is 27.9 Å². The summed E-state index contributed by atoms with van der Waals surface area (Å²) in [5.41, 5.74) is 3.37. The molecule has 3 aromatic carbocycles. The molecule has 8 heteroatoms. The predicted molar refractivity (Wildman–Crippen MR) is 109 cm³/mol.